The topological polar surface area (TPSA) is 64.1 Å². The number of nitrogens with one attached hydrogen (secondary N) is 2. The van der Waals surface area contributed by atoms with Gasteiger partial charge in [-0.15, -0.1) is 0 Å². The molecule has 0 aliphatic carbocycles. The summed E-state index contributed by atoms with van der Waals surface area (Å²) in [5, 5.41) is 5.85. The van der Waals surface area contributed by atoms with Gasteiger partial charge in [0.15, 0.2) is 11.5 Å². The van der Waals surface area contributed by atoms with Crippen LogP contribution in [0.5, 0.6) is 11.5 Å². The number of hydrogen-bond acceptors (Lipinski definition) is 4. The van der Waals surface area contributed by atoms with Crippen LogP contribution >= 0.6 is 0 Å². The predicted octanol–water partition coefficient (Wildman–Crippen LogP) is 5.46. The van der Waals surface area contributed by atoms with E-state index in [0.717, 1.165) is 70.6 Å². The molecule has 2 aromatic carbocycles. The number of H-pyrrole nitrogens is 1. The van der Waals surface area contributed by atoms with Crippen molar-refractivity contribution in [2.24, 2.45) is 7.05 Å². The molecule has 0 amide bonds. The van der Waals surface area contributed by atoms with Gasteiger partial charge in [0, 0.05) is 54.1 Å². The molecule has 34 heavy (non-hydrogen) atoms. The molecule has 0 aliphatic rings. The number of benzene rings is 2. The van der Waals surface area contributed by atoms with Crippen molar-refractivity contribution < 1.29 is 9.47 Å². The number of ether oxygens (including phenoxy) is 2. The summed E-state index contributed by atoms with van der Waals surface area (Å²) < 4.78 is 13.2. The highest BCUT2D eigenvalue weighted by Crippen LogP contribution is 2.38. The zero-order valence-corrected chi connectivity index (χ0v) is 19.9. The van der Waals surface area contributed by atoms with Gasteiger partial charge in [-0.3, -0.25) is 0 Å². The van der Waals surface area contributed by atoms with Gasteiger partial charge in [-0.2, -0.15) is 0 Å². The van der Waals surface area contributed by atoms with E-state index >= 15 is 0 Å². The van der Waals surface area contributed by atoms with Gasteiger partial charge in [-0.05, 0) is 48.7 Å². The van der Waals surface area contributed by atoms with Crippen LogP contribution in [0.2, 0.25) is 0 Å². The molecule has 0 saturated heterocycles. The Bertz CT molecular complexity index is 1420. The van der Waals surface area contributed by atoms with E-state index in [1.165, 1.54) is 11.1 Å². The summed E-state index contributed by atoms with van der Waals surface area (Å²) in [7, 11) is 5.37. The first-order valence-electron chi connectivity index (χ1n) is 11.6. The van der Waals surface area contributed by atoms with Gasteiger partial charge in [-0.25, -0.2) is 4.98 Å². The highest BCUT2D eigenvalue weighted by atomic mass is 16.5. The number of pyridine rings is 1. The molecule has 6 heteroatoms. The minimum Gasteiger partial charge on any atom is -0.493 e. The van der Waals surface area contributed by atoms with Gasteiger partial charge < -0.3 is 24.3 Å². The van der Waals surface area contributed by atoms with E-state index in [1.807, 2.05) is 25.4 Å². The SMILES string of the molecule is COc1cc2c(-c3cc4c(CNCCCc5ccccc5)ccnc4[nH]3)cn(C)c2cc1OC. The molecule has 2 N–H and O–H groups in total. The van der Waals surface area contributed by atoms with Gasteiger partial charge in [0.2, 0.25) is 0 Å². The van der Waals surface area contributed by atoms with Crippen molar-refractivity contribution in [3.63, 3.8) is 0 Å². The molecule has 0 spiro atoms. The maximum atomic E-state index is 5.55. The van der Waals surface area contributed by atoms with Crippen LogP contribution in [-0.2, 0) is 20.0 Å². The fourth-order valence-electron chi connectivity index (χ4n) is 4.59. The smallest absolute Gasteiger partial charge is 0.162 e. The molecule has 5 aromatic rings. The van der Waals surface area contributed by atoms with Crippen LogP contribution in [0.4, 0.5) is 0 Å². The van der Waals surface area contributed by atoms with E-state index < -0.39 is 0 Å². The monoisotopic (exact) mass is 454 g/mol. The molecule has 3 aromatic heterocycles. The van der Waals surface area contributed by atoms with Crippen LogP contribution in [0, 0.1) is 0 Å². The number of fused-ring (bicyclic) bond motifs is 2. The number of methoxy groups -OCH3 is 2. The summed E-state index contributed by atoms with van der Waals surface area (Å²) in [5.41, 5.74) is 6.76. The molecule has 5 rings (SSSR count). The van der Waals surface area contributed by atoms with Gasteiger partial charge in [0.1, 0.15) is 5.65 Å². The van der Waals surface area contributed by atoms with E-state index in [-0.39, 0.29) is 0 Å². The largest absolute Gasteiger partial charge is 0.493 e. The van der Waals surface area contributed by atoms with E-state index in [0.29, 0.717) is 0 Å². The van der Waals surface area contributed by atoms with Crippen molar-refractivity contribution in [2.45, 2.75) is 19.4 Å². The average Bonchev–Trinajstić information content (AvgIpc) is 3.45. The third-order valence-electron chi connectivity index (χ3n) is 6.38. The van der Waals surface area contributed by atoms with E-state index in [4.69, 9.17) is 9.47 Å². The molecule has 0 radical (unpaired) electrons. The second kappa shape index (κ2) is 9.61. The molecule has 3 heterocycles. The van der Waals surface area contributed by atoms with Crippen molar-refractivity contribution in [1.82, 2.24) is 19.9 Å². The second-order valence-electron chi connectivity index (χ2n) is 8.56. The normalized spacial score (nSPS) is 11.4. The molecule has 0 aliphatic heterocycles. The maximum Gasteiger partial charge on any atom is 0.162 e. The first-order chi connectivity index (χ1) is 16.7. The zero-order valence-electron chi connectivity index (χ0n) is 19.9. The molecule has 0 bridgehead atoms. The second-order valence-corrected chi connectivity index (χ2v) is 8.56. The van der Waals surface area contributed by atoms with Gasteiger partial charge in [0.05, 0.1) is 19.7 Å². The number of aromatic amines is 1. The van der Waals surface area contributed by atoms with Crippen LogP contribution in [0.25, 0.3) is 33.2 Å². The number of aromatic nitrogens is 3. The predicted molar refractivity (Wildman–Crippen MR) is 138 cm³/mol. The Morgan fingerprint density at radius 3 is 2.56 bits per heavy atom. The molecule has 6 nitrogen and oxygen atoms in total. The summed E-state index contributed by atoms with van der Waals surface area (Å²) in [5.74, 6) is 1.44. The Labute approximate surface area is 199 Å². The van der Waals surface area contributed by atoms with Gasteiger partial charge >= 0.3 is 0 Å². The number of rotatable bonds is 9. The molecular formula is C28H30N4O2. The zero-order chi connectivity index (χ0) is 23.5. The first kappa shape index (κ1) is 22.0. The standard InChI is InChI=1S/C28H30N4O2/c1-32-18-23(22-15-26(33-2)27(34-3)16-25(22)32)24-14-21-20(11-13-30-28(21)31-24)17-29-12-7-10-19-8-5-4-6-9-19/h4-6,8-9,11,13-16,18,29H,7,10,12,17H2,1-3H3,(H,30,31). The number of aryl methyl sites for hydroxylation is 2. The van der Waals surface area contributed by atoms with Crippen LogP contribution in [0.15, 0.2) is 67.0 Å². The summed E-state index contributed by atoms with van der Waals surface area (Å²) in [4.78, 5) is 8.11. The van der Waals surface area contributed by atoms with Crippen molar-refractivity contribution in [3.05, 3.63) is 78.1 Å². The number of nitrogens with zero attached hydrogens (tertiary/aromatic N) is 2. The van der Waals surface area contributed by atoms with Crippen molar-refractivity contribution >= 4 is 21.9 Å². The Morgan fingerprint density at radius 2 is 1.76 bits per heavy atom. The Morgan fingerprint density at radius 1 is 0.971 bits per heavy atom. The first-order valence-corrected chi connectivity index (χ1v) is 11.6. The lowest BCUT2D eigenvalue weighted by molar-refractivity contribution is 0.355. The summed E-state index contributed by atoms with van der Waals surface area (Å²) in [6, 6.07) is 19.0. The highest BCUT2D eigenvalue weighted by molar-refractivity contribution is 5.99. The third-order valence-corrected chi connectivity index (χ3v) is 6.38. The van der Waals surface area contributed by atoms with Gasteiger partial charge in [-0.1, -0.05) is 30.3 Å². The molecule has 0 saturated carbocycles. The minimum atomic E-state index is 0.720. The Hall–Kier alpha value is -3.77. The van der Waals surface area contributed by atoms with Crippen LogP contribution in [0.3, 0.4) is 0 Å². The Balaban J connectivity index is 1.38. The van der Waals surface area contributed by atoms with Gasteiger partial charge in [0.25, 0.3) is 0 Å². The van der Waals surface area contributed by atoms with E-state index in [2.05, 4.69) is 68.5 Å². The average molecular weight is 455 g/mol. The summed E-state index contributed by atoms with van der Waals surface area (Å²) in [6.45, 7) is 1.78. The fourth-order valence-corrected chi connectivity index (χ4v) is 4.59. The lowest BCUT2D eigenvalue weighted by atomic mass is 10.1. The van der Waals surface area contributed by atoms with Crippen LogP contribution in [0.1, 0.15) is 17.5 Å². The molecule has 0 fully saturated rings. The number of hydrogen-bond donors (Lipinski definition) is 2. The quantitative estimate of drug-likeness (QED) is 0.290. The molecule has 0 unspecified atom stereocenters. The van der Waals surface area contributed by atoms with E-state index in [9.17, 15) is 0 Å². The summed E-state index contributed by atoms with van der Waals surface area (Å²) >= 11 is 0. The van der Waals surface area contributed by atoms with Crippen molar-refractivity contribution in [2.75, 3.05) is 20.8 Å². The molecular weight excluding hydrogens is 424 g/mol. The van der Waals surface area contributed by atoms with E-state index in [1.54, 1.807) is 14.2 Å². The molecule has 174 valence electrons. The van der Waals surface area contributed by atoms with Crippen molar-refractivity contribution in [1.29, 1.82) is 0 Å². The lowest BCUT2D eigenvalue weighted by Crippen LogP contribution is -2.15. The lowest BCUT2D eigenvalue weighted by Gasteiger charge is -2.08. The fraction of sp³-hybridized carbons (Fsp3) is 0.250. The molecule has 0 atom stereocenters. The van der Waals surface area contributed by atoms with Crippen LogP contribution < -0.4 is 14.8 Å². The summed E-state index contributed by atoms with van der Waals surface area (Å²) in [6.07, 6.45) is 6.21. The van der Waals surface area contributed by atoms with Crippen LogP contribution in [-0.4, -0.2) is 35.3 Å². The highest BCUT2D eigenvalue weighted by Gasteiger charge is 2.16. The minimum absolute atomic E-state index is 0.720. The van der Waals surface area contributed by atoms with Crippen molar-refractivity contribution in [3.8, 4) is 22.8 Å². The third kappa shape index (κ3) is 4.24. The maximum absolute atomic E-state index is 5.55. The Kier molecular flexibility index (Phi) is 6.23.